The molecule has 0 aliphatic heterocycles. The zero-order valence-electron chi connectivity index (χ0n) is 7.40. The SMILES string of the molecule is COC([C]=O)SCc1ccccc1. The van der Waals surface area contributed by atoms with Crippen molar-refractivity contribution in [2.75, 3.05) is 7.11 Å². The first-order valence-corrected chi connectivity index (χ1v) is 4.97. The molecule has 0 aromatic heterocycles. The average molecular weight is 195 g/mol. The van der Waals surface area contributed by atoms with Crippen LogP contribution in [-0.2, 0) is 15.3 Å². The van der Waals surface area contributed by atoms with Crippen LogP contribution in [0.4, 0.5) is 0 Å². The molecule has 3 heteroatoms. The lowest BCUT2D eigenvalue weighted by molar-refractivity contribution is 0.216. The van der Waals surface area contributed by atoms with Crippen molar-refractivity contribution in [2.45, 2.75) is 11.2 Å². The smallest absolute Gasteiger partial charge is 0.241 e. The standard InChI is InChI=1S/C10H11O2S/c1-12-10(7-11)13-8-9-5-3-2-4-6-9/h2-6,10H,8H2,1H3. The van der Waals surface area contributed by atoms with Crippen LogP contribution in [-0.4, -0.2) is 18.8 Å². The number of methoxy groups -OCH3 is 1. The minimum absolute atomic E-state index is 0.472. The van der Waals surface area contributed by atoms with Gasteiger partial charge in [0, 0.05) is 12.9 Å². The Morgan fingerprint density at radius 3 is 2.69 bits per heavy atom. The normalized spacial score (nSPS) is 12.4. The number of carbonyl (C=O) groups excluding carboxylic acids is 1. The van der Waals surface area contributed by atoms with E-state index in [1.807, 2.05) is 36.6 Å². The van der Waals surface area contributed by atoms with Crippen LogP contribution < -0.4 is 0 Å². The van der Waals surface area contributed by atoms with Gasteiger partial charge in [-0.1, -0.05) is 30.3 Å². The molecule has 0 spiro atoms. The van der Waals surface area contributed by atoms with Gasteiger partial charge in [-0.05, 0) is 5.56 Å². The zero-order chi connectivity index (χ0) is 9.52. The van der Waals surface area contributed by atoms with Gasteiger partial charge >= 0.3 is 0 Å². The molecule has 1 atom stereocenters. The summed E-state index contributed by atoms with van der Waals surface area (Å²) in [5.74, 6) is 0.772. The topological polar surface area (TPSA) is 26.3 Å². The molecule has 0 heterocycles. The second-order valence-corrected chi connectivity index (χ2v) is 3.53. The van der Waals surface area contributed by atoms with Gasteiger partial charge in [-0.25, -0.2) is 0 Å². The molecule has 0 fully saturated rings. The van der Waals surface area contributed by atoms with E-state index in [0.29, 0.717) is 0 Å². The number of thioether (sulfide) groups is 1. The van der Waals surface area contributed by atoms with Gasteiger partial charge in [0.2, 0.25) is 6.29 Å². The summed E-state index contributed by atoms with van der Waals surface area (Å²) in [5.41, 5.74) is 0.713. The summed E-state index contributed by atoms with van der Waals surface area (Å²) in [6.45, 7) is 0. The van der Waals surface area contributed by atoms with Crippen molar-refractivity contribution in [1.82, 2.24) is 0 Å². The Balaban J connectivity index is 2.38. The summed E-state index contributed by atoms with van der Waals surface area (Å²) < 4.78 is 4.86. The molecule has 0 N–H and O–H groups in total. The van der Waals surface area contributed by atoms with Crippen LogP contribution in [0.15, 0.2) is 30.3 Å². The number of ether oxygens (including phenoxy) is 1. The summed E-state index contributed by atoms with van der Waals surface area (Å²) in [6.07, 6.45) is 1.81. The van der Waals surface area contributed by atoms with Crippen molar-refractivity contribution in [1.29, 1.82) is 0 Å². The van der Waals surface area contributed by atoms with E-state index in [2.05, 4.69) is 0 Å². The predicted molar refractivity (Wildman–Crippen MR) is 54.2 cm³/mol. The van der Waals surface area contributed by atoms with E-state index in [0.717, 1.165) is 5.75 Å². The van der Waals surface area contributed by atoms with E-state index in [1.54, 1.807) is 0 Å². The molecule has 2 nitrogen and oxygen atoms in total. The van der Waals surface area contributed by atoms with Crippen LogP contribution in [0.1, 0.15) is 5.56 Å². The van der Waals surface area contributed by atoms with Gasteiger partial charge in [-0.3, -0.25) is 4.79 Å². The highest BCUT2D eigenvalue weighted by Gasteiger charge is 2.06. The van der Waals surface area contributed by atoms with Crippen molar-refractivity contribution in [3.8, 4) is 0 Å². The Morgan fingerprint density at radius 2 is 2.15 bits per heavy atom. The summed E-state index contributed by atoms with van der Waals surface area (Å²) in [7, 11) is 1.51. The fraction of sp³-hybridized carbons (Fsp3) is 0.300. The third kappa shape index (κ3) is 3.61. The molecule has 0 saturated heterocycles. The highest BCUT2D eigenvalue weighted by atomic mass is 32.2. The van der Waals surface area contributed by atoms with E-state index >= 15 is 0 Å². The van der Waals surface area contributed by atoms with Crippen molar-refractivity contribution < 1.29 is 9.53 Å². The lowest BCUT2D eigenvalue weighted by Gasteiger charge is -2.06. The minimum atomic E-state index is -0.472. The predicted octanol–water partition coefficient (Wildman–Crippen LogP) is 2.00. The maximum atomic E-state index is 10.3. The number of rotatable bonds is 5. The summed E-state index contributed by atoms with van der Waals surface area (Å²) in [4.78, 5) is 10.3. The lowest BCUT2D eigenvalue weighted by Crippen LogP contribution is -2.06. The van der Waals surface area contributed by atoms with Crippen LogP contribution in [0.5, 0.6) is 0 Å². The van der Waals surface area contributed by atoms with Gasteiger partial charge in [-0.2, -0.15) is 0 Å². The molecule has 1 unspecified atom stereocenters. The van der Waals surface area contributed by atoms with Crippen LogP contribution in [0, 0.1) is 0 Å². The molecule has 13 heavy (non-hydrogen) atoms. The molecule has 69 valence electrons. The first-order chi connectivity index (χ1) is 6.36. The Hall–Kier alpha value is -0.800. The maximum Gasteiger partial charge on any atom is 0.241 e. The van der Waals surface area contributed by atoms with E-state index in [4.69, 9.17) is 4.74 Å². The monoisotopic (exact) mass is 195 g/mol. The van der Waals surface area contributed by atoms with Crippen molar-refractivity contribution in [3.63, 3.8) is 0 Å². The van der Waals surface area contributed by atoms with E-state index in [9.17, 15) is 4.79 Å². The van der Waals surface area contributed by atoms with Crippen LogP contribution in [0.2, 0.25) is 0 Å². The van der Waals surface area contributed by atoms with Crippen molar-refractivity contribution >= 4 is 18.0 Å². The molecule has 1 radical (unpaired) electrons. The minimum Gasteiger partial charge on any atom is -0.362 e. The van der Waals surface area contributed by atoms with Crippen LogP contribution in [0.25, 0.3) is 0 Å². The van der Waals surface area contributed by atoms with Gasteiger partial charge in [0.1, 0.15) is 0 Å². The Labute approximate surface area is 82.3 Å². The summed E-state index contributed by atoms with van der Waals surface area (Å²) in [5, 5.41) is 0. The van der Waals surface area contributed by atoms with Crippen LogP contribution >= 0.6 is 11.8 Å². The van der Waals surface area contributed by atoms with Gasteiger partial charge in [0.15, 0.2) is 5.44 Å². The van der Waals surface area contributed by atoms with Gasteiger partial charge < -0.3 is 4.74 Å². The fourth-order valence-electron chi connectivity index (χ4n) is 0.896. The third-order valence-electron chi connectivity index (χ3n) is 1.55. The Kier molecular flexibility index (Phi) is 4.57. The maximum absolute atomic E-state index is 10.3. The van der Waals surface area contributed by atoms with Gasteiger partial charge in [0.05, 0.1) is 0 Å². The molecular weight excluding hydrogens is 184 g/mol. The van der Waals surface area contributed by atoms with Crippen molar-refractivity contribution in [3.05, 3.63) is 35.9 Å². The van der Waals surface area contributed by atoms with E-state index in [-0.39, 0.29) is 0 Å². The quantitative estimate of drug-likeness (QED) is 0.672. The number of hydrogen-bond donors (Lipinski definition) is 0. The molecule has 0 aliphatic carbocycles. The van der Waals surface area contributed by atoms with Gasteiger partial charge in [-0.15, -0.1) is 11.8 Å². The first kappa shape index (κ1) is 10.3. The largest absolute Gasteiger partial charge is 0.362 e. The number of benzene rings is 1. The molecule has 1 aromatic rings. The summed E-state index contributed by atoms with van der Waals surface area (Å²) in [6, 6.07) is 9.95. The molecule has 0 amide bonds. The van der Waals surface area contributed by atoms with Gasteiger partial charge in [0.25, 0.3) is 0 Å². The van der Waals surface area contributed by atoms with Crippen LogP contribution in [0.3, 0.4) is 0 Å². The summed E-state index contributed by atoms with van der Waals surface area (Å²) >= 11 is 1.43. The highest BCUT2D eigenvalue weighted by molar-refractivity contribution is 7.99. The average Bonchev–Trinajstić information content (AvgIpc) is 2.21. The second-order valence-electron chi connectivity index (χ2n) is 2.48. The molecule has 0 aliphatic rings. The fourth-order valence-corrected chi connectivity index (χ4v) is 1.64. The Morgan fingerprint density at radius 1 is 1.46 bits per heavy atom. The van der Waals surface area contributed by atoms with E-state index < -0.39 is 5.44 Å². The zero-order valence-corrected chi connectivity index (χ0v) is 8.21. The second kappa shape index (κ2) is 5.78. The Bertz CT molecular complexity index is 248. The molecule has 0 bridgehead atoms. The first-order valence-electron chi connectivity index (χ1n) is 3.93. The molecule has 1 aromatic carbocycles. The van der Waals surface area contributed by atoms with E-state index in [1.165, 1.54) is 24.4 Å². The lowest BCUT2D eigenvalue weighted by atomic mass is 10.2. The molecular formula is C10H11O2S. The third-order valence-corrected chi connectivity index (χ3v) is 2.65. The highest BCUT2D eigenvalue weighted by Crippen LogP contribution is 2.16. The molecule has 1 rings (SSSR count). The molecule has 0 saturated carbocycles. The van der Waals surface area contributed by atoms with Crippen molar-refractivity contribution in [2.24, 2.45) is 0 Å². The number of hydrogen-bond acceptors (Lipinski definition) is 3.